The number of hydrogen-bond acceptors (Lipinski definition) is 6. The lowest BCUT2D eigenvalue weighted by molar-refractivity contribution is 0.102. The standard InChI is InChI=1S/C14H18N6O3S/c1-10-5-6-11(13(21)15-14-16-18-19-17-14)9-12(10)24(22,23)20-7-3-2-4-8-20/h5-6,9H,2-4,7-8H2,1H3,(H2,15,16,17,18,19,21). The van der Waals surface area contributed by atoms with E-state index >= 15 is 0 Å². The molecule has 1 saturated heterocycles. The van der Waals surface area contributed by atoms with Crippen LogP contribution in [0.25, 0.3) is 0 Å². The van der Waals surface area contributed by atoms with Crippen molar-refractivity contribution < 1.29 is 13.2 Å². The highest BCUT2D eigenvalue weighted by Crippen LogP contribution is 2.24. The lowest BCUT2D eigenvalue weighted by atomic mass is 10.1. The van der Waals surface area contributed by atoms with E-state index in [-0.39, 0.29) is 16.4 Å². The first kappa shape index (κ1) is 16.5. The van der Waals surface area contributed by atoms with Crippen molar-refractivity contribution in [1.29, 1.82) is 0 Å². The van der Waals surface area contributed by atoms with Crippen LogP contribution in [0.15, 0.2) is 23.1 Å². The summed E-state index contributed by atoms with van der Waals surface area (Å²) in [4.78, 5) is 12.4. The lowest BCUT2D eigenvalue weighted by Gasteiger charge is -2.26. The molecule has 0 aliphatic carbocycles. The van der Waals surface area contributed by atoms with E-state index < -0.39 is 15.9 Å². The number of sulfonamides is 1. The van der Waals surface area contributed by atoms with Crippen molar-refractivity contribution in [2.45, 2.75) is 31.1 Å². The topological polar surface area (TPSA) is 121 Å². The van der Waals surface area contributed by atoms with E-state index in [1.54, 1.807) is 19.1 Å². The maximum Gasteiger partial charge on any atom is 0.270 e. The summed E-state index contributed by atoms with van der Waals surface area (Å²) < 4.78 is 27.2. The van der Waals surface area contributed by atoms with Crippen LogP contribution in [0.3, 0.4) is 0 Å². The summed E-state index contributed by atoms with van der Waals surface area (Å²) in [5.41, 5.74) is 0.831. The fraction of sp³-hybridized carbons (Fsp3) is 0.429. The minimum absolute atomic E-state index is 0.0287. The van der Waals surface area contributed by atoms with Gasteiger partial charge < -0.3 is 0 Å². The van der Waals surface area contributed by atoms with Gasteiger partial charge in [0.25, 0.3) is 11.9 Å². The van der Waals surface area contributed by atoms with E-state index in [1.165, 1.54) is 10.4 Å². The Morgan fingerprint density at radius 2 is 2.00 bits per heavy atom. The van der Waals surface area contributed by atoms with Gasteiger partial charge in [-0.05, 0) is 42.7 Å². The van der Waals surface area contributed by atoms with Gasteiger partial charge in [0, 0.05) is 18.7 Å². The number of amides is 1. The summed E-state index contributed by atoms with van der Waals surface area (Å²) in [7, 11) is -3.61. The maximum atomic E-state index is 12.9. The van der Waals surface area contributed by atoms with Gasteiger partial charge in [0.2, 0.25) is 10.0 Å². The molecular weight excluding hydrogens is 332 g/mol. The largest absolute Gasteiger partial charge is 0.288 e. The Morgan fingerprint density at radius 1 is 1.25 bits per heavy atom. The molecule has 2 N–H and O–H groups in total. The van der Waals surface area contributed by atoms with Crippen LogP contribution in [0.1, 0.15) is 35.2 Å². The lowest BCUT2D eigenvalue weighted by Crippen LogP contribution is -2.36. The van der Waals surface area contributed by atoms with Gasteiger partial charge in [-0.15, -0.1) is 5.10 Å². The van der Waals surface area contributed by atoms with Crippen LogP contribution >= 0.6 is 0 Å². The molecule has 9 nitrogen and oxygen atoms in total. The maximum absolute atomic E-state index is 12.9. The Morgan fingerprint density at radius 3 is 2.67 bits per heavy atom. The Labute approximate surface area is 139 Å². The predicted octanol–water partition coefficient (Wildman–Crippen LogP) is 0.935. The summed E-state index contributed by atoms with van der Waals surface area (Å²) >= 11 is 0. The molecule has 2 aromatic rings. The minimum Gasteiger partial charge on any atom is -0.288 e. The molecule has 1 fully saturated rings. The number of aromatic amines is 1. The number of aryl methyl sites for hydroxylation is 1. The number of H-pyrrole nitrogens is 1. The second-order valence-corrected chi connectivity index (χ2v) is 7.54. The van der Waals surface area contributed by atoms with Crippen molar-refractivity contribution in [3.05, 3.63) is 29.3 Å². The van der Waals surface area contributed by atoms with E-state index in [0.717, 1.165) is 19.3 Å². The molecule has 0 spiro atoms. The number of tetrazole rings is 1. The molecule has 3 rings (SSSR count). The smallest absolute Gasteiger partial charge is 0.270 e. The molecule has 2 heterocycles. The number of rotatable bonds is 4. The third-order valence-corrected chi connectivity index (χ3v) is 5.99. The Bertz CT molecular complexity index is 828. The molecule has 1 amide bonds. The van der Waals surface area contributed by atoms with Gasteiger partial charge in [0.1, 0.15) is 0 Å². The third-order valence-electron chi connectivity index (χ3n) is 3.95. The number of nitrogens with zero attached hydrogens (tertiary/aromatic N) is 4. The van der Waals surface area contributed by atoms with Crippen LogP contribution in [-0.4, -0.2) is 52.3 Å². The van der Waals surface area contributed by atoms with Crippen molar-refractivity contribution in [3.8, 4) is 0 Å². The fourth-order valence-electron chi connectivity index (χ4n) is 2.65. The highest BCUT2D eigenvalue weighted by molar-refractivity contribution is 7.89. The molecule has 128 valence electrons. The van der Waals surface area contributed by atoms with Crippen molar-refractivity contribution in [3.63, 3.8) is 0 Å². The van der Waals surface area contributed by atoms with E-state index in [2.05, 4.69) is 25.9 Å². The van der Waals surface area contributed by atoms with Crippen molar-refractivity contribution >= 4 is 21.9 Å². The van der Waals surface area contributed by atoms with Crippen LogP contribution in [0.5, 0.6) is 0 Å². The molecule has 1 aliphatic heterocycles. The molecule has 24 heavy (non-hydrogen) atoms. The second kappa shape index (κ2) is 6.65. The van der Waals surface area contributed by atoms with Crippen LogP contribution in [-0.2, 0) is 10.0 Å². The monoisotopic (exact) mass is 350 g/mol. The molecule has 0 bridgehead atoms. The minimum atomic E-state index is -3.61. The molecule has 1 aromatic carbocycles. The first-order valence-corrected chi connectivity index (χ1v) is 9.08. The average molecular weight is 350 g/mol. The van der Waals surface area contributed by atoms with E-state index in [1.807, 2.05) is 0 Å². The summed E-state index contributed by atoms with van der Waals surface area (Å²) in [6, 6.07) is 4.59. The highest BCUT2D eigenvalue weighted by Gasteiger charge is 2.28. The van der Waals surface area contributed by atoms with E-state index in [4.69, 9.17) is 0 Å². The fourth-order valence-corrected chi connectivity index (χ4v) is 4.42. The highest BCUT2D eigenvalue weighted by atomic mass is 32.2. The quantitative estimate of drug-likeness (QED) is 0.846. The zero-order valence-corrected chi connectivity index (χ0v) is 14.0. The molecule has 0 atom stereocenters. The molecule has 0 unspecified atom stereocenters. The predicted molar refractivity (Wildman–Crippen MR) is 85.9 cm³/mol. The number of anilines is 1. The summed E-state index contributed by atoms with van der Waals surface area (Å²) in [6.45, 7) is 2.75. The number of hydrogen-bond donors (Lipinski definition) is 2. The van der Waals surface area contributed by atoms with Crippen LogP contribution in [0.4, 0.5) is 5.95 Å². The first-order chi connectivity index (χ1) is 11.5. The number of carbonyl (C=O) groups is 1. The number of piperidine rings is 1. The molecule has 0 saturated carbocycles. The molecule has 10 heteroatoms. The van der Waals surface area contributed by atoms with E-state index in [0.29, 0.717) is 18.7 Å². The van der Waals surface area contributed by atoms with Gasteiger partial charge in [-0.25, -0.2) is 8.42 Å². The SMILES string of the molecule is Cc1ccc(C(=O)Nc2nn[nH]n2)cc1S(=O)(=O)N1CCCCC1. The van der Waals surface area contributed by atoms with Gasteiger partial charge in [-0.2, -0.15) is 9.52 Å². The zero-order valence-electron chi connectivity index (χ0n) is 13.2. The molecule has 1 aromatic heterocycles. The van der Waals surface area contributed by atoms with Gasteiger partial charge in [-0.1, -0.05) is 17.6 Å². The van der Waals surface area contributed by atoms with Crippen LogP contribution < -0.4 is 5.32 Å². The molecule has 0 radical (unpaired) electrons. The van der Waals surface area contributed by atoms with Crippen LogP contribution in [0, 0.1) is 6.92 Å². The summed E-state index contributed by atoms with van der Waals surface area (Å²) in [5, 5.41) is 15.3. The summed E-state index contributed by atoms with van der Waals surface area (Å²) in [6.07, 6.45) is 2.75. The number of nitrogens with one attached hydrogen (secondary N) is 2. The third kappa shape index (κ3) is 3.29. The van der Waals surface area contributed by atoms with Crippen molar-refractivity contribution in [1.82, 2.24) is 24.9 Å². The zero-order chi connectivity index (χ0) is 17.2. The normalized spacial score (nSPS) is 16.0. The van der Waals surface area contributed by atoms with Gasteiger partial charge >= 0.3 is 0 Å². The second-order valence-electron chi connectivity index (χ2n) is 5.63. The molecule has 1 aliphatic rings. The molecular formula is C14H18N6O3S. The number of aromatic nitrogens is 4. The van der Waals surface area contributed by atoms with Gasteiger partial charge in [0.05, 0.1) is 4.90 Å². The van der Waals surface area contributed by atoms with E-state index in [9.17, 15) is 13.2 Å². The first-order valence-electron chi connectivity index (χ1n) is 7.64. The van der Waals surface area contributed by atoms with Gasteiger partial charge in [0.15, 0.2) is 0 Å². The van der Waals surface area contributed by atoms with Crippen molar-refractivity contribution in [2.75, 3.05) is 18.4 Å². The van der Waals surface area contributed by atoms with Crippen molar-refractivity contribution in [2.24, 2.45) is 0 Å². The summed E-state index contributed by atoms with van der Waals surface area (Å²) in [5.74, 6) is -0.465. The Kier molecular flexibility index (Phi) is 4.58. The Hall–Kier alpha value is -2.33. The average Bonchev–Trinajstić information content (AvgIpc) is 3.09. The number of benzene rings is 1. The van der Waals surface area contributed by atoms with Gasteiger partial charge in [-0.3, -0.25) is 10.1 Å². The number of carbonyl (C=O) groups excluding carboxylic acids is 1. The van der Waals surface area contributed by atoms with Crippen LogP contribution in [0.2, 0.25) is 0 Å². The Balaban J connectivity index is 1.89.